The van der Waals surface area contributed by atoms with E-state index in [1.807, 2.05) is 0 Å². The van der Waals surface area contributed by atoms with Crippen molar-refractivity contribution < 1.29 is 13.2 Å². The number of aromatic nitrogens is 1. The smallest absolute Gasteiger partial charge is 0.239 e. The molecule has 1 heterocycles. The molecule has 0 saturated heterocycles. The number of sulfonamides is 1. The van der Waals surface area contributed by atoms with Crippen LogP contribution in [0.3, 0.4) is 0 Å². The Morgan fingerprint density at radius 3 is 2.48 bits per heavy atom. The summed E-state index contributed by atoms with van der Waals surface area (Å²) in [5.41, 5.74) is 1.18. The minimum atomic E-state index is -3.53. The first kappa shape index (κ1) is 17.6. The maximum absolute atomic E-state index is 12.1. The summed E-state index contributed by atoms with van der Waals surface area (Å²) in [6.07, 6.45) is 2.65. The van der Waals surface area contributed by atoms with Crippen molar-refractivity contribution >= 4 is 37.5 Å². The molecule has 23 heavy (non-hydrogen) atoms. The summed E-state index contributed by atoms with van der Waals surface area (Å²) in [5.74, 6) is -0.409. The standard InChI is InChI=1S/C15H16BrN3O3S/c1-23(21,22)19(10-14-4-2-3-9-17-14)11-15(20)18-13-7-5-12(16)6-8-13/h2-9H,10-11H2,1H3,(H,18,20). The van der Waals surface area contributed by atoms with Gasteiger partial charge in [-0.15, -0.1) is 0 Å². The van der Waals surface area contributed by atoms with Crippen molar-refractivity contribution in [2.45, 2.75) is 6.54 Å². The molecular formula is C15H16BrN3O3S. The molecule has 0 aliphatic carbocycles. The summed E-state index contributed by atoms with van der Waals surface area (Å²) in [7, 11) is -3.53. The molecule has 0 atom stereocenters. The zero-order valence-corrected chi connectivity index (χ0v) is 14.8. The quantitative estimate of drug-likeness (QED) is 0.810. The predicted molar refractivity (Wildman–Crippen MR) is 92.3 cm³/mol. The molecule has 1 amide bonds. The first-order valence-electron chi connectivity index (χ1n) is 6.75. The normalized spacial score (nSPS) is 11.4. The molecule has 1 N–H and O–H groups in total. The number of nitrogens with one attached hydrogen (secondary N) is 1. The average molecular weight is 398 g/mol. The number of carbonyl (C=O) groups is 1. The zero-order valence-electron chi connectivity index (χ0n) is 12.4. The van der Waals surface area contributed by atoms with Crippen LogP contribution in [0.5, 0.6) is 0 Å². The second kappa shape index (κ2) is 7.67. The Kier molecular flexibility index (Phi) is 5.86. The highest BCUT2D eigenvalue weighted by atomic mass is 79.9. The lowest BCUT2D eigenvalue weighted by molar-refractivity contribution is -0.116. The molecule has 8 heteroatoms. The highest BCUT2D eigenvalue weighted by Crippen LogP contribution is 2.14. The first-order chi connectivity index (χ1) is 10.8. The molecule has 2 rings (SSSR count). The molecule has 0 unspecified atom stereocenters. The third-order valence-corrected chi connectivity index (χ3v) is 4.71. The van der Waals surface area contributed by atoms with Crippen LogP contribution in [0.25, 0.3) is 0 Å². The van der Waals surface area contributed by atoms with Gasteiger partial charge in [-0.05, 0) is 36.4 Å². The Hall–Kier alpha value is -1.77. The van der Waals surface area contributed by atoms with E-state index in [-0.39, 0.29) is 13.1 Å². The Morgan fingerprint density at radius 1 is 1.22 bits per heavy atom. The lowest BCUT2D eigenvalue weighted by atomic mass is 10.3. The van der Waals surface area contributed by atoms with Crippen LogP contribution >= 0.6 is 15.9 Å². The number of hydrogen-bond donors (Lipinski definition) is 1. The van der Waals surface area contributed by atoms with Crippen molar-refractivity contribution in [3.8, 4) is 0 Å². The maximum Gasteiger partial charge on any atom is 0.239 e. The van der Waals surface area contributed by atoms with Gasteiger partial charge in [0.05, 0.1) is 25.0 Å². The van der Waals surface area contributed by atoms with Gasteiger partial charge in [-0.1, -0.05) is 22.0 Å². The largest absolute Gasteiger partial charge is 0.325 e. The van der Waals surface area contributed by atoms with Gasteiger partial charge >= 0.3 is 0 Å². The molecule has 0 fully saturated rings. The molecule has 6 nitrogen and oxygen atoms in total. The highest BCUT2D eigenvalue weighted by molar-refractivity contribution is 9.10. The molecule has 0 radical (unpaired) electrons. The fourth-order valence-corrected chi connectivity index (χ4v) is 2.84. The van der Waals surface area contributed by atoms with Gasteiger partial charge in [0.15, 0.2) is 0 Å². The van der Waals surface area contributed by atoms with Crippen LogP contribution in [-0.4, -0.2) is 36.4 Å². The summed E-state index contributed by atoms with van der Waals surface area (Å²) in [4.78, 5) is 16.2. The molecule has 0 spiro atoms. The van der Waals surface area contributed by atoms with Crippen LogP contribution in [-0.2, 0) is 21.4 Å². The van der Waals surface area contributed by atoms with E-state index in [4.69, 9.17) is 0 Å². The number of benzene rings is 1. The van der Waals surface area contributed by atoms with Gasteiger partial charge in [0.1, 0.15) is 0 Å². The van der Waals surface area contributed by atoms with E-state index in [9.17, 15) is 13.2 Å². The van der Waals surface area contributed by atoms with Gasteiger partial charge in [-0.2, -0.15) is 4.31 Å². The van der Waals surface area contributed by atoms with Crippen LogP contribution in [0, 0.1) is 0 Å². The van der Waals surface area contributed by atoms with Crippen molar-refractivity contribution in [2.24, 2.45) is 0 Å². The molecule has 0 aliphatic heterocycles. The number of pyridine rings is 1. The molecule has 1 aromatic heterocycles. The van der Waals surface area contributed by atoms with Gasteiger partial charge in [-0.3, -0.25) is 9.78 Å². The Morgan fingerprint density at radius 2 is 1.91 bits per heavy atom. The molecule has 0 aliphatic rings. The van der Waals surface area contributed by atoms with Crippen molar-refractivity contribution in [2.75, 3.05) is 18.1 Å². The summed E-state index contributed by atoms with van der Waals surface area (Å²) in [6.45, 7) is -0.223. The number of rotatable bonds is 6. The molecule has 122 valence electrons. The third-order valence-electron chi connectivity index (χ3n) is 2.98. The van der Waals surface area contributed by atoms with Gasteiger partial charge in [0.2, 0.25) is 15.9 Å². The summed E-state index contributed by atoms with van der Waals surface area (Å²) in [5, 5.41) is 2.67. The number of amides is 1. The van der Waals surface area contributed by atoms with Crippen LogP contribution in [0.2, 0.25) is 0 Å². The average Bonchev–Trinajstić information content (AvgIpc) is 2.49. The number of hydrogen-bond acceptors (Lipinski definition) is 4. The van der Waals surface area contributed by atoms with E-state index in [2.05, 4.69) is 26.2 Å². The maximum atomic E-state index is 12.1. The summed E-state index contributed by atoms with van der Waals surface area (Å²) >= 11 is 3.31. The fraction of sp³-hybridized carbons (Fsp3) is 0.200. The van der Waals surface area contributed by atoms with Crippen molar-refractivity contribution in [1.29, 1.82) is 0 Å². The summed E-state index contributed by atoms with van der Waals surface area (Å²) in [6, 6.07) is 12.3. The predicted octanol–water partition coefficient (Wildman–Crippen LogP) is 2.24. The SMILES string of the molecule is CS(=O)(=O)N(CC(=O)Nc1ccc(Br)cc1)Cc1ccccn1. The van der Waals surface area contributed by atoms with Gasteiger partial charge in [0.25, 0.3) is 0 Å². The van der Waals surface area contributed by atoms with Crippen LogP contribution < -0.4 is 5.32 Å². The van der Waals surface area contributed by atoms with Crippen molar-refractivity contribution in [3.05, 3.63) is 58.8 Å². The zero-order chi connectivity index (χ0) is 16.9. The van der Waals surface area contributed by atoms with E-state index >= 15 is 0 Å². The topological polar surface area (TPSA) is 79.4 Å². The fourth-order valence-electron chi connectivity index (χ4n) is 1.86. The lowest BCUT2D eigenvalue weighted by Gasteiger charge is -2.19. The second-order valence-corrected chi connectivity index (χ2v) is 7.81. The lowest BCUT2D eigenvalue weighted by Crippen LogP contribution is -2.37. The van der Waals surface area contributed by atoms with E-state index < -0.39 is 15.9 Å². The second-order valence-electron chi connectivity index (χ2n) is 4.91. The van der Waals surface area contributed by atoms with Gasteiger partial charge in [0, 0.05) is 16.4 Å². The Bertz CT molecular complexity index is 764. The van der Waals surface area contributed by atoms with E-state index in [1.54, 1.807) is 48.7 Å². The van der Waals surface area contributed by atoms with E-state index in [1.165, 1.54) is 0 Å². The number of carbonyl (C=O) groups excluding carboxylic acids is 1. The van der Waals surface area contributed by atoms with Crippen molar-refractivity contribution in [3.63, 3.8) is 0 Å². The minimum absolute atomic E-state index is 0.0490. The molecule has 0 saturated carbocycles. The molecule has 2 aromatic rings. The van der Waals surface area contributed by atoms with Gasteiger partial charge < -0.3 is 5.32 Å². The Labute approximate surface area is 143 Å². The number of nitrogens with zero attached hydrogens (tertiary/aromatic N) is 2. The molecule has 0 bridgehead atoms. The van der Waals surface area contributed by atoms with E-state index in [0.717, 1.165) is 15.0 Å². The highest BCUT2D eigenvalue weighted by Gasteiger charge is 2.21. The van der Waals surface area contributed by atoms with Crippen LogP contribution in [0.1, 0.15) is 5.69 Å². The van der Waals surface area contributed by atoms with Crippen LogP contribution in [0.15, 0.2) is 53.1 Å². The monoisotopic (exact) mass is 397 g/mol. The van der Waals surface area contributed by atoms with Gasteiger partial charge in [-0.25, -0.2) is 8.42 Å². The number of halogens is 1. The van der Waals surface area contributed by atoms with Crippen molar-refractivity contribution in [1.82, 2.24) is 9.29 Å². The number of anilines is 1. The Balaban J connectivity index is 2.05. The minimum Gasteiger partial charge on any atom is -0.325 e. The third kappa shape index (κ3) is 5.74. The van der Waals surface area contributed by atoms with Crippen LogP contribution in [0.4, 0.5) is 5.69 Å². The molecule has 1 aromatic carbocycles. The first-order valence-corrected chi connectivity index (χ1v) is 9.39. The van der Waals surface area contributed by atoms with E-state index in [0.29, 0.717) is 11.4 Å². The molecular weight excluding hydrogens is 382 g/mol. The summed E-state index contributed by atoms with van der Waals surface area (Å²) < 4.78 is 25.7.